The number of aryl methyl sites for hydroxylation is 1. The van der Waals surface area contributed by atoms with Crippen molar-refractivity contribution in [3.8, 4) is 11.1 Å². The highest BCUT2D eigenvalue weighted by Gasteiger charge is 2.14. The standard InChI is InChI=1S/C25H25N5O2S/c1-18-17-24(30(2)3)28-25(26-18)27-21-11-13-22(14-12-21)29-33(31,32)23-15-9-20(10-16-23)19-7-5-4-6-8-19/h4-17,29H,1-3H3,(H,26,27,28). The highest BCUT2D eigenvalue weighted by Crippen LogP contribution is 2.24. The molecule has 1 heterocycles. The van der Waals surface area contributed by atoms with Crippen molar-refractivity contribution in [1.82, 2.24) is 9.97 Å². The maximum Gasteiger partial charge on any atom is 0.261 e. The molecule has 0 unspecified atom stereocenters. The molecule has 3 aromatic carbocycles. The minimum absolute atomic E-state index is 0.203. The molecule has 8 heteroatoms. The summed E-state index contributed by atoms with van der Waals surface area (Å²) in [6, 6.07) is 25.5. The third-order valence-electron chi connectivity index (χ3n) is 4.96. The number of nitrogens with zero attached hydrogens (tertiary/aromatic N) is 3. The van der Waals surface area contributed by atoms with Gasteiger partial charge in [0.2, 0.25) is 5.95 Å². The third-order valence-corrected chi connectivity index (χ3v) is 6.36. The van der Waals surface area contributed by atoms with E-state index >= 15 is 0 Å². The molecule has 7 nitrogen and oxygen atoms in total. The minimum atomic E-state index is -3.71. The molecular formula is C25H25N5O2S. The van der Waals surface area contributed by atoms with E-state index in [4.69, 9.17) is 0 Å². The molecule has 4 aromatic rings. The van der Waals surface area contributed by atoms with Gasteiger partial charge in [0, 0.05) is 37.2 Å². The van der Waals surface area contributed by atoms with Gasteiger partial charge in [-0.1, -0.05) is 42.5 Å². The summed E-state index contributed by atoms with van der Waals surface area (Å²) in [5.74, 6) is 1.28. The lowest BCUT2D eigenvalue weighted by atomic mass is 10.1. The summed E-state index contributed by atoms with van der Waals surface area (Å²) in [5, 5.41) is 3.16. The summed E-state index contributed by atoms with van der Waals surface area (Å²) < 4.78 is 28.3. The Morgan fingerprint density at radius 3 is 2.00 bits per heavy atom. The minimum Gasteiger partial charge on any atom is -0.363 e. The van der Waals surface area contributed by atoms with E-state index in [0.717, 1.165) is 28.3 Å². The highest BCUT2D eigenvalue weighted by atomic mass is 32.2. The predicted molar refractivity (Wildman–Crippen MR) is 134 cm³/mol. The Bertz CT molecular complexity index is 1340. The molecule has 0 radical (unpaired) electrons. The van der Waals surface area contributed by atoms with E-state index in [1.54, 1.807) is 48.5 Å². The molecule has 0 saturated heterocycles. The van der Waals surface area contributed by atoms with Crippen molar-refractivity contribution in [3.63, 3.8) is 0 Å². The molecule has 0 fully saturated rings. The van der Waals surface area contributed by atoms with Crippen LogP contribution in [-0.2, 0) is 10.0 Å². The average Bonchev–Trinajstić information content (AvgIpc) is 2.80. The van der Waals surface area contributed by atoms with Crippen molar-refractivity contribution in [3.05, 3.63) is 90.6 Å². The lowest BCUT2D eigenvalue weighted by Crippen LogP contribution is -2.13. The van der Waals surface area contributed by atoms with Crippen molar-refractivity contribution in [1.29, 1.82) is 0 Å². The molecule has 0 spiro atoms. The quantitative estimate of drug-likeness (QED) is 0.402. The SMILES string of the molecule is Cc1cc(N(C)C)nc(Nc2ccc(NS(=O)(=O)c3ccc(-c4ccccc4)cc3)cc2)n1. The molecule has 0 aliphatic carbocycles. The fraction of sp³-hybridized carbons (Fsp3) is 0.120. The first-order valence-electron chi connectivity index (χ1n) is 10.4. The Balaban J connectivity index is 1.46. The Labute approximate surface area is 194 Å². The van der Waals surface area contributed by atoms with Crippen molar-refractivity contribution < 1.29 is 8.42 Å². The maximum absolute atomic E-state index is 12.8. The van der Waals surface area contributed by atoms with Crippen LogP contribution in [0.2, 0.25) is 0 Å². The van der Waals surface area contributed by atoms with Gasteiger partial charge >= 0.3 is 0 Å². The Kier molecular flexibility index (Phi) is 6.28. The molecule has 0 atom stereocenters. The summed E-state index contributed by atoms with van der Waals surface area (Å²) >= 11 is 0. The van der Waals surface area contributed by atoms with Gasteiger partial charge in [-0.3, -0.25) is 4.72 Å². The fourth-order valence-corrected chi connectivity index (χ4v) is 4.32. The van der Waals surface area contributed by atoms with Crippen LogP contribution in [0, 0.1) is 6.92 Å². The number of anilines is 4. The molecule has 0 bridgehead atoms. The van der Waals surface area contributed by atoms with Gasteiger partial charge in [0.1, 0.15) is 5.82 Å². The average molecular weight is 460 g/mol. The highest BCUT2D eigenvalue weighted by molar-refractivity contribution is 7.92. The van der Waals surface area contributed by atoms with Gasteiger partial charge in [-0.25, -0.2) is 13.4 Å². The van der Waals surface area contributed by atoms with Gasteiger partial charge in [0.05, 0.1) is 4.90 Å². The van der Waals surface area contributed by atoms with Crippen LogP contribution in [0.1, 0.15) is 5.69 Å². The Morgan fingerprint density at radius 1 is 0.758 bits per heavy atom. The Morgan fingerprint density at radius 2 is 1.36 bits per heavy atom. The first-order valence-corrected chi connectivity index (χ1v) is 11.9. The molecule has 2 N–H and O–H groups in total. The lowest BCUT2D eigenvalue weighted by Gasteiger charge is -2.14. The molecule has 1 aromatic heterocycles. The smallest absolute Gasteiger partial charge is 0.261 e. The molecule has 0 aliphatic heterocycles. The summed E-state index contributed by atoms with van der Waals surface area (Å²) in [5.41, 5.74) is 4.06. The van der Waals surface area contributed by atoms with Gasteiger partial charge in [-0.05, 0) is 54.4 Å². The summed E-state index contributed by atoms with van der Waals surface area (Å²) in [4.78, 5) is 11.0. The number of nitrogens with one attached hydrogen (secondary N) is 2. The normalized spacial score (nSPS) is 11.1. The number of hydrogen-bond acceptors (Lipinski definition) is 6. The number of rotatable bonds is 7. The molecule has 168 valence electrons. The van der Waals surface area contributed by atoms with Crippen molar-refractivity contribution >= 4 is 33.2 Å². The van der Waals surface area contributed by atoms with Crippen molar-refractivity contribution in [2.24, 2.45) is 0 Å². The molecule has 4 rings (SSSR count). The lowest BCUT2D eigenvalue weighted by molar-refractivity contribution is 0.601. The van der Waals surface area contributed by atoms with Crippen LogP contribution in [0.25, 0.3) is 11.1 Å². The van der Waals surface area contributed by atoms with E-state index in [1.807, 2.05) is 62.3 Å². The van der Waals surface area contributed by atoms with E-state index in [2.05, 4.69) is 20.0 Å². The molecule has 0 amide bonds. The van der Waals surface area contributed by atoms with E-state index in [1.165, 1.54) is 0 Å². The van der Waals surface area contributed by atoms with Crippen LogP contribution >= 0.6 is 0 Å². The second-order valence-corrected chi connectivity index (χ2v) is 9.47. The first kappa shape index (κ1) is 22.3. The van der Waals surface area contributed by atoms with Crippen molar-refractivity contribution in [2.75, 3.05) is 29.0 Å². The predicted octanol–water partition coefficient (Wildman–Crippen LogP) is 5.06. The monoisotopic (exact) mass is 459 g/mol. The van der Waals surface area contributed by atoms with Crippen LogP contribution in [0.15, 0.2) is 89.8 Å². The first-order chi connectivity index (χ1) is 15.8. The topological polar surface area (TPSA) is 87.2 Å². The summed E-state index contributed by atoms with van der Waals surface area (Å²) in [6.07, 6.45) is 0. The maximum atomic E-state index is 12.8. The van der Waals surface area contributed by atoms with Crippen LogP contribution < -0.4 is 14.9 Å². The van der Waals surface area contributed by atoms with Crippen LogP contribution in [0.3, 0.4) is 0 Å². The second-order valence-electron chi connectivity index (χ2n) is 7.78. The van der Waals surface area contributed by atoms with Gasteiger partial charge in [0.15, 0.2) is 0 Å². The number of aromatic nitrogens is 2. The zero-order valence-electron chi connectivity index (χ0n) is 18.6. The molecular weight excluding hydrogens is 434 g/mol. The van der Waals surface area contributed by atoms with Crippen LogP contribution in [0.5, 0.6) is 0 Å². The van der Waals surface area contributed by atoms with E-state index in [9.17, 15) is 8.42 Å². The van der Waals surface area contributed by atoms with Gasteiger partial charge in [0.25, 0.3) is 10.0 Å². The summed E-state index contributed by atoms with van der Waals surface area (Å²) in [6.45, 7) is 1.91. The number of sulfonamides is 1. The molecule has 0 saturated carbocycles. The number of hydrogen-bond donors (Lipinski definition) is 2. The molecule has 0 aliphatic rings. The fourth-order valence-electron chi connectivity index (χ4n) is 3.26. The van der Waals surface area contributed by atoms with Gasteiger partial charge in [-0.15, -0.1) is 0 Å². The largest absolute Gasteiger partial charge is 0.363 e. The molecule has 33 heavy (non-hydrogen) atoms. The van der Waals surface area contributed by atoms with Gasteiger partial charge in [-0.2, -0.15) is 4.98 Å². The zero-order valence-corrected chi connectivity index (χ0v) is 19.5. The van der Waals surface area contributed by atoms with Crippen LogP contribution in [0.4, 0.5) is 23.1 Å². The number of benzene rings is 3. The Hall–Kier alpha value is -3.91. The van der Waals surface area contributed by atoms with E-state index in [0.29, 0.717) is 11.6 Å². The zero-order chi connectivity index (χ0) is 23.4. The summed E-state index contributed by atoms with van der Waals surface area (Å²) in [7, 11) is 0.131. The van der Waals surface area contributed by atoms with Crippen molar-refractivity contribution in [2.45, 2.75) is 11.8 Å². The van der Waals surface area contributed by atoms with Gasteiger partial charge < -0.3 is 10.2 Å². The van der Waals surface area contributed by atoms with Crippen LogP contribution in [-0.4, -0.2) is 32.5 Å². The van der Waals surface area contributed by atoms with E-state index in [-0.39, 0.29) is 4.90 Å². The third kappa shape index (κ3) is 5.48. The van der Waals surface area contributed by atoms with E-state index < -0.39 is 10.0 Å². The second kappa shape index (κ2) is 9.30.